The molecule has 2 aliphatic rings. The first-order valence-electron chi connectivity index (χ1n) is 5.14. The van der Waals surface area contributed by atoms with Gasteiger partial charge in [0.25, 0.3) is 0 Å². The van der Waals surface area contributed by atoms with Crippen molar-refractivity contribution in [3.05, 3.63) is 0 Å². The van der Waals surface area contributed by atoms with E-state index in [0.29, 0.717) is 6.04 Å². The highest BCUT2D eigenvalue weighted by Gasteiger charge is 2.41. The zero-order valence-corrected chi connectivity index (χ0v) is 8.32. The van der Waals surface area contributed by atoms with Crippen LogP contribution in [0.5, 0.6) is 0 Å². The van der Waals surface area contributed by atoms with E-state index in [2.05, 4.69) is 0 Å². The summed E-state index contributed by atoms with van der Waals surface area (Å²) in [6.45, 7) is 4.72. The molecule has 1 saturated carbocycles. The second-order valence-electron chi connectivity index (χ2n) is 4.42. The maximum Gasteiger partial charge on any atom is 0.410 e. The quantitative estimate of drug-likeness (QED) is 0.622. The van der Waals surface area contributed by atoms with Crippen LogP contribution in [0.15, 0.2) is 0 Å². The number of rotatable bonds is 1. The fourth-order valence-corrected chi connectivity index (χ4v) is 2.42. The van der Waals surface area contributed by atoms with Gasteiger partial charge >= 0.3 is 6.09 Å². The molecular weight excluding hydrogens is 166 g/mol. The van der Waals surface area contributed by atoms with Crippen molar-refractivity contribution >= 4 is 6.09 Å². The molecule has 1 heterocycles. The van der Waals surface area contributed by atoms with E-state index < -0.39 is 0 Å². The second kappa shape index (κ2) is 3.20. The number of piperidine rings is 1. The third-order valence-electron chi connectivity index (χ3n) is 2.98. The third kappa shape index (κ3) is 1.64. The van der Waals surface area contributed by atoms with Crippen molar-refractivity contribution in [3.8, 4) is 0 Å². The molecule has 0 aromatic rings. The summed E-state index contributed by atoms with van der Waals surface area (Å²) >= 11 is 0. The normalized spacial score (nSPS) is 31.5. The standard InChI is InChI=1S/C10H17NO2/c1-7(2)13-10(12)11-6-8-3-4-9(11)5-8/h7-9H,3-6H2,1-2H3. The van der Waals surface area contributed by atoms with Crippen LogP contribution in [0.2, 0.25) is 0 Å². The molecule has 0 aromatic heterocycles. The molecule has 0 spiro atoms. The molecule has 3 heteroatoms. The van der Waals surface area contributed by atoms with Crippen molar-refractivity contribution in [1.82, 2.24) is 4.90 Å². The topological polar surface area (TPSA) is 29.5 Å². The van der Waals surface area contributed by atoms with Crippen LogP contribution >= 0.6 is 0 Å². The van der Waals surface area contributed by atoms with Crippen LogP contribution < -0.4 is 0 Å². The number of nitrogens with zero attached hydrogens (tertiary/aromatic N) is 1. The van der Waals surface area contributed by atoms with Crippen molar-refractivity contribution in [2.45, 2.75) is 45.3 Å². The van der Waals surface area contributed by atoms with Crippen molar-refractivity contribution in [2.75, 3.05) is 6.54 Å². The highest BCUT2D eigenvalue weighted by atomic mass is 16.6. The summed E-state index contributed by atoms with van der Waals surface area (Å²) in [6, 6.07) is 0.483. The minimum atomic E-state index is -0.109. The Morgan fingerprint density at radius 2 is 2.23 bits per heavy atom. The van der Waals surface area contributed by atoms with Crippen LogP contribution in [-0.2, 0) is 4.74 Å². The number of likely N-dealkylation sites (tertiary alicyclic amines) is 1. The molecule has 74 valence electrons. The Kier molecular flexibility index (Phi) is 2.18. The molecule has 2 bridgehead atoms. The third-order valence-corrected chi connectivity index (χ3v) is 2.98. The zero-order chi connectivity index (χ0) is 9.42. The van der Waals surface area contributed by atoms with E-state index in [1.807, 2.05) is 18.7 Å². The Morgan fingerprint density at radius 3 is 2.69 bits per heavy atom. The van der Waals surface area contributed by atoms with Gasteiger partial charge in [0, 0.05) is 12.6 Å². The maximum atomic E-state index is 11.5. The van der Waals surface area contributed by atoms with E-state index in [1.165, 1.54) is 19.3 Å². The first-order valence-corrected chi connectivity index (χ1v) is 5.14. The summed E-state index contributed by atoms with van der Waals surface area (Å²) in [6.07, 6.45) is 3.58. The average Bonchev–Trinajstić information content (AvgIpc) is 2.62. The Balaban J connectivity index is 1.91. The van der Waals surface area contributed by atoms with Crippen LogP contribution in [0.25, 0.3) is 0 Å². The number of ether oxygens (including phenoxy) is 1. The van der Waals surface area contributed by atoms with Gasteiger partial charge in [0.05, 0.1) is 6.10 Å². The lowest BCUT2D eigenvalue weighted by molar-refractivity contribution is 0.0675. The molecule has 0 aromatic carbocycles. The first kappa shape index (κ1) is 8.85. The van der Waals surface area contributed by atoms with Gasteiger partial charge in [-0.15, -0.1) is 0 Å². The Labute approximate surface area is 79.0 Å². The van der Waals surface area contributed by atoms with E-state index in [1.54, 1.807) is 0 Å². The smallest absolute Gasteiger partial charge is 0.410 e. The molecule has 0 N–H and O–H groups in total. The van der Waals surface area contributed by atoms with Gasteiger partial charge in [-0.1, -0.05) is 0 Å². The largest absolute Gasteiger partial charge is 0.447 e. The van der Waals surface area contributed by atoms with Gasteiger partial charge in [-0.25, -0.2) is 4.79 Å². The van der Waals surface area contributed by atoms with Crippen molar-refractivity contribution in [1.29, 1.82) is 0 Å². The minimum absolute atomic E-state index is 0.00614. The van der Waals surface area contributed by atoms with E-state index in [0.717, 1.165) is 12.5 Å². The van der Waals surface area contributed by atoms with E-state index in [4.69, 9.17) is 4.74 Å². The van der Waals surface area contributed by atoms with E-state index in [9.17, 15) is 4.79 Å². The van der Waals surface area contributed by atoms with Gasteiger partial charge in [0.15, 0.2) is 0 Å². The second-order valence-corrected chi connectivity index (χ2v) is 4.42. The predicted octanol–water partition coefficient (Wildman–Crippen LogP) is 2.02. The summed E-state index contributed by atoms with van der Waals surface area (Å²) in [5, 5.41) is 0. The van der Waals surface area contributed by atoms with Crippen molar-refractivity contribution in [2.24, 2.45) is 5.92 Å². The molecule has 1 saturated heterocycles. The van der Waals surface area contributed by atoms with Gasteiger partial charge in [-0.05, 0) is 39.0 Å². The molecule has 13 heavy (non-hydrogen) atoms. The highest BCUT2D eigenvalue weighted by Crippen LogP contribution is 2.37. The number of carbonyl (C=O) groups excluding carboxylic acids is 1. The summed E-state index contributed by atoms with van der Waals surface area (Å²) in [5.41, 5.74) is 0. The number of carbonyl (C=O) groups is 1. The van der Waals surface area contributed by atoms with Crippen molar-refractivity contribution < 1.29 is 9.53 Å². The minimum Gasteiger partial charge on any atom is -0.447 e. The molecule has 1 aliphatic carbocycles. The fourth-order valence-electron chi connectivity index (χ4n) is 2.42. The molecule has 3 nitrogen and oxygen atoms in total. The van der Waals surface area contributed by atoms with Crippen LogP contribution in [0, 0.1) is 5.92 Å². The number of fused-ring (bicyclic) bond motifs is 2. The van der Waals surface area contributed by atoms with Crippen LogP contribution in [0.1, 0.15) is 33.1 Å². The molecule has 2 unspecified atom stereocenters. The van der Waals surface area contributed by atoms with Gasteiger partial charge in [-0.3, -0.25) is 0 Å². The van der Waals surface area contributed by atoms with Crippen LogP contribution in [-0.4, -0.2) is 29.7 Å². The van der Waals surface area contributed by atoms with E-state index in [-0.39, 0.29) is 12.2 Å². The van der Waals surface area contributed by atoms with Gasteiger partial charge in [0.1, 0.15) is 0 Å². The SMILES string of the molecule is CC(C)OC(=O)N1CC2CCC1C2. The summed E-state index contributed by atoms with van der Waals surface area (Å²) in [4.78, 5) is 13.5. The zero-order valence-electron chi connectivity index (χ0n) is 8.32. The number of hydrogen-bond acceptors (Lipinski definition) is 2. The lowest BCUT2D eigenvalue weighted by atomic mass is 10.1. The summed E-state index contributed by atoms with van der Waals surface area (Å²) in [5.74, 6) is 0.754. The molecule has 0 radical (unpaired) electrons. The Bertz CT molecular complexity index is 215. The van der Waals surface area contributed by atoms with E-state index >= 15 is 0 Å². The Morgan fingerprint density at radius 1 is 1.46 bits per heavy atom. The fraction of sp³-hybridized carbons (Fsp3) is 0.900. The molecule has 1 amide bonds. The number of amides is 1. The van der Waals surface area contributed by atoms with Crippen LogP contribution in [0.3, 0.4) is 0 Å². The lowest BCUT2D eigenvalue weighted by Gasteiger charge is -2.26. The van der Waals surface area contributed by atoms with Gasteiger partial charge in [-0.2, -0.15) is 0 Å². The molecule has 2 atom stereocenters. The summed E-state index contributed by atoms with van der Waals surface area (Å²) in [7, 11) is 0. The summed E-state index contributed by atoms with van der Waals surface area (Å²) < 4.78 is 5.17. The molecule has 2 rings (SSSR count). The highest BCUT2D eigenvalue weighted by molar-refractivity contribution is 5.68. The maximum absolute atomic E-state index is 11.5. The first-order chi connectivity index (χ1) is 6.16. The monoisotopic (exact) mass is 183 g/mol. The molecule has 2 fully saturated rings. The Hall–Kier alpha value is -0.730. The van der Waals surface area contributed by atoms with Crippen molar-refractivity contribution in [3.63, 3.8) is 0 Å². The van der Waals surface area contributed by atoms with Crippen LogP contribution in [0.4, 0.5) is 4.79 Å². The van der Waals surface area contributed by atoms with Gasteiger partial charge in [0.2, 0.25) is 0 Å². The molecular formula is C10H17NO2. The lowest BCUT2D eigenvalue weighted by Crippen LogP contribution is -2.39. The molecule has 1 aliphatic heterocycles. The average molecular weight is 183 g/mol. The predicted molar refractivity (Wildman–Crippen MR) is 49.5 cm³/mol. The number of hydrogen-bond donors (Lipinski definition) is 0. The van der Waals surface area contributed by atoms with Gasteiger partial charge < -0.3 is 9.64 Å².